The summed E-state index contributed by atoms with van der Waals surface area (Å²) < 4.78 is 37.6. The topological polar surface area (TPSA) is 274 Å². The van der Waals surface area contributed by atoms with Gasteiger partial charge in [0.05, 0.1) is 61.6 Å². The standard InChI is InChI=1S/C18H20O7.C12H14O4.C10H10O3.C6H8O4.C2H5BrO/c1-13(12-17(20)23-3)18(21)25-11-10-24-15-7-4-14(5-8-15)6-9-16(19)22-2;1-15-12(14)7-4-10-2-5-11(6-3-10)16-9-8-13;1-13-10(12)7-4-8-2-5-9(11)6-3-8;1-4(6(8)9)3-5(7)10-2;3-1-2-4/h4-9H,1,10-12H2,2-3H3;2-7,13H,8-9H2,1H3;2-7,11H,1H3;1,3H2,2H3,(H,8,9);4H,1-2H2/b9-6+;2*7-4+;;. The molecule has 0 heterocycles. The van der Waals surface area contributed by atoms with Crippen molar-refractivity contribution in [1.82, 2.24) is 0 Å². The average Bonchev–Trinajstić information content (AvgIpc) is 3.36. The van der Waals surface area contributed by atoms with Gasteiger partial charge in [0.25, 0.3) is 0 Å². The number of aliphatic hydroxyl groups is 2. The number of aliphatic hydroxyl groups excluding tert-OH is 2. The Morgan fingerprint density at radius 2 is 0.882 bits per heavy atom. The van der Waals surface area contributed by atoms with E-state index in [2.05, 4.69) is 52.8 Å². The predicted octanol–water partition coefficient (Wildman–Crippen LogP) is 5.30. The van der Waals surface area contributed by atoms with Crippen LogP contribution in [0, 0.1) is 0 Å². The number of phenolic OH excluding ortho intramolecular Hbond substituents is 1. The van der Waals surface area contributed by atoms with Gasteiger partial charge in [-0.1, -0.05) is 65.5 Å². The van der Waals surface area contributed by atoms with Crippen LogP contribution >= 0.6 is 15.9 Å². The lowest BCUT2D eigenvalue weighted by atomic mass is 10.2. The second-order valence-electron chi connectivity index (χ2n) is 12.3. The first kappa shape index (κ1) is 62.5. The molecule has 0 saturated heterocycles. The average molecular weight is 1020 g/mol. The largest absolute Gasteiger partial charge is 0.508 e. The van der Waals surface area contributed by atoms with Crippen molar-refractivity contribution in [2.24, 2.45) is 0 Å². The maximum absolute atomic E-state index is 11.6. The molecule has 0 saturated carbocycles. The van der Waals surface area contributed by atoms with Gasteiger partial charge in [0, 0.05) is 34.7 Å². The molecule has 68 heavy (non-hydrogen) atoms. The number of aromatic hydroxyl groups is 1. The zero-order chi connectivity index (χ0) is 51.7. The van der Waals surface area contributed by atoms with E-state index in [9.17, 15) is 33.6 Å². The molecule has 0 aliphatic carbocycles. The lowest BCUT2D eigenvalue weighted by Gasteiger charge is -2.08. The molecule has 0 spiro atoms. The number of aliphatic carboxylic acids is 1. The van der Waals surface area contributed by atoms with E-state index in [4.69, 9.17) is 34.6 Å². The highest BCUT2D eigenvalue weighted by Crippen LogP contribution is 2.15. The molecule has 0 radical (unpaired) electrons. The Labute approximate surface area is 402 Å². The minimum absolute atomic E-state index is 0.00993. The van der Waals surface area contributed by atoms with E-state index < -0.39 is 35.8 Å². The van der Waals surface area contributed by atoms with Crippen LogP contribution in [0.5, 0.6) is 17.2 Å². The molecule has 20 heteroatoms. The predicted molar refractivity (Wildman–Crippen MR) is 253 cm³/mol. The van der Waals surface area contributed by atoms with E-state index >= 15 is 0 Å². The molecular weight excluding hydrogens is 960 g/mol. The van der Waals surface area contributed by atoms with Crippen molar-refractivity contribution >= 4 is 75.9 Å². The number of carbonyl (C=O) groups is 7. The van der Waals surface area contributed by atoms with Crippen LogP contribution in [0.15, 0.2) is 115 Å². The Morgan fingerprint density at radius 3 is 1.21 bits per heavy atom. The van der Waals surface area contributed by atoms with Gasteiger partial charge in [0.1, 0.15) is 37.1 Å². The van der Waals surface area contributed by atoms with E-state index in [0.717, 1.165) is 16.7 Å². The highest BCUT2D eigenvalue weighted by atomic mass is 79.9. The molecule has 3 aromatic carbocycles. The fourth-order valence-corrected chi connectivity index (χ4v) is 3.83. The van der Waals surface area contributed by atoms with E-state index in [-0.39, 0.29) is 68.7 Å². The smallest absolute Gasteiger partial charge is 0.334 e. The van der Waals surface area contributed by atoms with E-state index in [1.807, 2.05) is 12.1 Å². The quantitative estimate of drug-likeness (QED) is 0.0367. The van der Waals surface area contributed by atoms with Crippen molar-refractivity contribution < 1.29 is 91.9 Å². The first-order valence-corrected chi connectivity index (χ1v) is 20.8. The second kappa shape index (κ2) is 39.8. The maximum atomic E-state index is 11.6. The number of ether oxygens (including phenoxy) is 8. The van der Waals surface area contributed by atoms with Gasteiger partial charge >= 0.3 is 41.8 Å². The third kappa shape index (κ3) is 33.9. The molecular formula is C48H57BrO19. The summed E-state index contributed by atoms with van der Waals surface area (Å²) in [5.74, 6) is -2.74. The zero-order valence-electron chi connectivity index (χ0n) is 38.3. The molecule has 0 aliphatic rings. The Morgan fingerprint density at radius 1 is 0.529 bits per heavy atom. The maximum Gasteiger partial charge on any atom is 0.334 e. The summed E-state index contributed by atoms with van der Waals surface area (Å²) in [6, 6.07) is 20.6. The van der Waals surface area contributed by atoms with Gasteiger partial charge < -0.3 is 58.3 Å². The molecule has 0 fully saturated rings. The summed E-state index contributed by atoms with van der Waals surface area (Å²) in [6.07, 6.45) is 8.41. The van der Waals surface area contributed by atoms with E-state index in [0.29, 0.717) is 16.8 Å². The SMILES string of the molecule is C=C(CC(=O)OC)C(=O)O.C=C(CC(=O)OC)C(=O)OCCOc1ccc(/C=C/C(=O)OC)cc1.COC(=O)/C=C/c1ccc(O)cc1.COC(=O)/C=C/c1ccc(OCCO)cc1.OCCBr. The van der Waals surface area contributed by atoms with E-state index in [1.165, 1.54) is 53.8 Å². The number of halogens is 1. The van der Waals surface area contributed by atoms with Crippen LogP contribution in [-0.2, 0) is 62.0 Å². The van der Waals surface area contributed by atoms with Crippen molar-refractivity contribution in [1.29, 1.82) is 0 Å². The minimum atomic E-state index is -1.18. The van der Waals surface area contributed by atoms with Crippen molar-refractivity contribution in [3.8, 4) is 17.2 Å². The third-order valence-corrected chi connectivity index (χ3v) is 7.64. The molecule has 0 amide bonds. The highest BCUT2D eigenvalue weighted by Gasteiger charge is 2.13. The van der Waals surface area contributed by atoms with Gasteiger partial charge in [-0.2, -0.15) is 0 Å². The molecule has 370 valence electrons. The fourth-order valence-electron chi connectivity index (χ4n) is 3.83. The molecule has 3 rings (SSSR count). The molecule has 0 atom stereocenters. The number of alkyl halides is 1. The van der Waals surface area contributed by atoms with Crippen molar-refractivity contribution in [2.45, 2.75) is 12.8 Å². The first-order valence-electron chi connectivity index (χ1n) is 19.6. The highest BCUT2D eigenvalue weighted by molar-refractivity contribution is 9.09. The molecule has 0 unspecified atom stereocenters. The van der Waals surface area contributed by atoms with Crippen molar-refractivity contribution in [3.63, 3.8) is 0 Å². The number of carboxylic acids is 1. The van der Waals surface area contributed by atoms with Gasteiger partial charge in [0.15, 0.2) is 0 Å². The Hall–Kier alpha value is -7.55. The number of phenols is 1. The number of carboxylic acid groups (broad SMARTS) is 1. The third-order valence-electron chi connectivity index (χ3n) is 7.28. The lowest BCUT2D eigenvalue weighted by Crippen LogP contribution is -2.15. The molecule has 0 aromatic heterocycles. The summed E-state index contributed by atoms with van der Waals surface area (Å²) >= 11 is 3.00. The number of rotatable bonds is 20. The molecule has 3 aromatic rings. The molecule has 0 aliphatic heterocycles. The normalized spacial score (nSPS) is 9.82. The minimum Gasteiger partial charge on any atom is -0.508 e. The fraction of sp³-hybridized carbons (Fsp3) is 0.271. The lowest BCUT2D eigenvalue weighted by molar-refractivity contribution is -0.144. The number of hydrogen-bond acceptors (Lipinski definition) is 18. The molecule has 4 N–H and O–H groups in total. The Bertz CT molecular complexity index is 2090. The number of methoxy groups -OCH3 is 5. The monoisotopic (exact) mass is 1020 g/mol. The second-order valence-corrected chi connectivity index (χ2v) is 13.1. The van der Waals surface area contributed by atoms with Crippen molar-refractivity contribution in [3.05, 3.63) is 132 Å². The Kier molecular flexibility index (Phi) is 36.6. The summed E-state index contributed by atoms with van der Waals surface area (Å²) in [6.45, 7) is 7.28. The van der Waals surface area contributed by atoms with Crippen LogP contribution in [0.25, 0.3) is 18.2 Å². The summed E-state index contributed by atoms with van der Waals surface area (Å²) in [7, 11) is 6.38. The molecule has 19 nitrogen and oxygen atoms in total. The van der Waals surface area contributed by atoms with Gasteiger partial charge in [-0.15, -0.1) is 0 Å². The van der Waals surface area contributed by atoms with Crippen LogP contribution in [0.2, 0.25) is 0 Å². The first-order chi connectivity index (χ1) is 32.4. The zero-order valence-corrected chi connectivity index (χ0v) is 39.8. The summed E-state index contributed by atoms with van der Waals surface area (Å²) in [4.78, 5) is 75.5. The van der Waals surface area contributed by atoms with Crippen LogP contribution in [0.4, 0.5) is 0 Å². The Balaban J connectivity index is 0. The number of benzene rings is 3. The van der Waals surface area contributed by atoms with Crippen LogP contribution in [-0.4, -0.2) is 136 Å². The van der Waals surface area contributed by atoms with E-state index in [1.54, 1.807) is 78.9 Å². The van der Waals surface area contributed by atoms with Crippen LogP contribution in [0.3, 0.4) is 0 Å². The van der Waals surface area contributed by atoms with Crippen molar-refractivity contribution in [2.75, 3.05) is 73.9 Å². The molecule has 0 bridgehead atoms. The summed E-state index contributed by atoms with van der Waals surface area (Å²) in [5, 5.41) is 34.3. The summed E-state index contributed by atoms with van der Waals surface area (Å²) in [5.41, 5.74) is 2.38. The van der Waals surface area contributed by atoms with Crippen LogP contribution in [0.1, 0.15) is 29.5 Å². The van der Waals surface area contributed by atoms with Crippen LogP contribution < -0.4 is 9.47 Å². The van der Waals surface area contributed by atoms with Gasteiger partial charge in [-0.25, -0.2) is 24.0 Å². The van der Waals surface area contributed by atoms with Gasteiger partial charge in [-0.3, -0.25) is 9.59 Å². The number of hydrogen-bond donors (Lipinski definition) is 4. The number of carbonyl (C=O) groups excluding carboxylic acids is 6. The van der Waals surface area contributed by atoms with Gasteiger partial charge in [-0.05, 0) is 71.3 Å². The van der Waals surface area contributed by atoms with Gasteiger partial charge in [0.2, 0.25) is 0 Å². The number of esters is 6.